The zero-order valence-corrected chi connectivity index (χ0v) is 8.03. The Morgan fingerprint density at radius 1 is 1.38 bits per heavy atom. The molecule has 0 aliphatic rings. The summed E-state index contributed by atoms with van der Waals surface area (Å²) in [5, 5.41) is 23.4. The van der Waals surface area contributed by atoms with Gasteiger partial charge >= 0.3 is 0 Å². The molecule has 16 heavy (non-hydrogen) atoms. The van der Waals surface area contributed by atoms with Crippen molar-refractivity contribution >= 4 is 5.69 Å². The van der Waals surface area contributed by atoms with Crippen LogP contribution in [0.25, 0.3) is 0 Å². The molecule has 1 aromatic heterocycles. The van der Waals surface area contributed by atoms with Gasteiger partial charge in [0.1, 0.15) is 5.75 Å². The molecule has 2 rings (SSSR count). The van der Waals surface area contributed by atoms with Gasteiger partial charge in [0.15, 0.2) is 6.61 Å². The number of nitro benzene ring substituents is 1. The fraction of sp³-hybridized carbons (Fsp3) is 0.125. The summed E-state index contributed by atoms with van der Waals surface area (Å²) in [4.78, 5) is 9.92. The SMILES string of the molecule is O=[N+]([O-])c1ccc(OCc2nn[nH]n2)cc1. The van der Waals surface area contributed by atoms with Crippen molar-refractivity contribution in [2.24, 2.45) is 0 Å². The number of ether oxygens (including phenoxy) is 1. The molecule has 0 bridgehead atoms. The van der Waals surface area contributed by atoms with Gasteiger partial charge in [-0.15, -0.1) is 10.2 Å². The maximum Gasteiger partial charge on any atom is 0.269 e. The number of tetrazole rings is 1. The van der Waals surface area contributed by atoms with E-state index in [0.717, 1.165) is 0 Å². The molecule has 8 heteroatoms. The van der Waals surface area contributed by atoms with E-state index in [1.807, 2.05) is 0 Å². The highest BCUT2D eigenvalue weighted by molar-refractivity contribution is 5.35. The number of nitrogens with one attached hydrogen (secondary N) is 1. The Kier molecular flexibility index (Phi) is 2.72. The van der Waals surface area contributed by atoms with Gasteiger partial charge in [-0.05, 0) is 12.1 Å². The number of nitrogens with zero attached hydrogens (tertiary/aromatic N) is 4. The maximum atomic E-state index is 10.4. The molecule has 82 valence electrons. The first kappa shape index (κ1) is 10.0. The van der Waals surface area contributed by atoms with Crippen molar-refractivity contribution in [2.75, 3.05) is 0 Å². The van der Waals surface area contributed by atoms with Crippen LogP contribution in [0.4, 0.5) is 5.69 Å². The van der Waals surface area contributed by atoms with Crippen LogP contribution in [-0.4, -0.2) is 25.5 Å². The van der Waals surface area contributed by atoms with Gasteiger partial charge in [-0.3, -0.25) is 10.1 Å². The molecule has 2 aromatic rings. The molecule has 0 aliphatic heterocycles. The normalized spacial score (nSPS) is 10.0. The molecule has 0 fully saturated rings. The van der Waals surface area contributed by atoms with Crippen LogP contribution in [0.2, 0.25) is 0 Å². The summed E-state index contributed by atoms with van der Waals surface area (Å²) in [6, 6.07) is 5.76. The third-order valence-corrected chi connectivity index (χ3v) is 1.80. The van der Waals surface area contributed by atoms with E-state index < -0.39 is 4.92 Å². The number of hydrogen-bond acceptors (Lipinski definition) is 6. The molecular weight excluding hydrogens is 214 g/mol. The fourth-order valence-corrected chi connectivity index (χ4v) is 1.06. The maximum absolute atomic E-state index is 10.4. The van der Waals surface area contributed by atoms with Gasteiger partial charge in [-0.2, -0.15) is 5.21 Å². The highest BCUT2D eigenvalue weighted by Crippen LogP contribution is 2.17. The minimum absolute atomic E-state index is 0.0203. The predicted octanol–water partition coefficient (Wildman–Crippen LogP) is 0.687. The minimum Gasteiger partial charge on any atom is -0.485 e. The van der Waals surface area contributed by atoms with E-state index in [1.54, 1.807) is 0 Å². The fourth-order valence-electron chi connectivity index (χ4n) is 1.06. The van der Waals surface area contributed by atoms with Crippen LogP contribution in [-0.2, 0) is 6.61 Å². The zero-order chi connectivity index (χ0) is 11.4. The topological polar surface area (TPSA) is 107 Å². The molecule has 1 aromatic carbocycles. The first-order chi connectivity index (χ1) is 7.75. The quantitative estimate of drug-likeness (QED) is 0.601. The number of H-pyrrole nitrogens is 1. The largest absolute Gasteiger partial charge is 0.485 e. The lowest BCUT2D eigenvalue weighted by Gasteiger charge is -2.01. The molecule has 0 radical (unpaired) electrons. The Morgan fingerprint density at radius 3 is 2.69 bits per heavy atom. The van der Waals surface area contributed by atoms with E-state index in [-0.39, 0.29) is 12.3 Å². The highest BCUT2D eigenvalue weighted by atomic mass is 16.6. The van der Waals surface area contributed by atoms with E-state index in [4.69, 9.17) is 4.74 Å². The van der Waals surface area contributed by atoms with Crippen LogP contribution in [0.15, 0.2) is 24.3 Å². The van der Waals surface area contributed by atoms with Crippen molar-refractivity contribution in [1.82, 2.24) is 20.6 Å². The van der Waals surface area contributed by atoms with Gasteiger partial charge in [-0.1, -0.05) is 5.21 Å². The average Bonchev–Trinajstić information content (AvgIpc) is 2.80. The Hall–Kier alpha value is -2.51. The van der Waals surface area contributed by atoms with Gasteiger partial charge in [0.05, 0.1) is 4.92 Å². The molecule has 0 atom stereocenters. The molecule has 0 saturated carbocycles. The van der Waals surface area contributed by atoms with Crippen molar-refractivity contribution < 1.29 is 9.66 Å². The van der Waals surface area contributed by atoms with E-state index in [0.29, 0.717) is 11.6 Å². The number of benzene rings is 1. The van der Waals surface area contributed by atoms with Gasteiger partial charge in [0.25, 0.3) is 5.69 Å². The summed E-state index contributed by atoms with van der Waals surface area (Å²) < 4.78 is 5.28. The highest BCUT2D eigenvalue weighted by Gasteiger charge is 2.05. The lowest BCUT2D eigenvalue weighted by molar-refractivity contribution is -0.384. The Balaban J connectivity index is 1.98. The molecule has 1 N–H and O–H groups in total. The summed E-state index contributed by atoms with van der Waals surface area (Å²) in [5.41, 5.74) is 0.0203. The Labute approximate surface area is 89.4 Å². The van der Waals surface area contributed by atoms with Crippen molar-refractivity contribution in [3.63, 3.8) is 0 Å². The number of hydrogen-bond donors (Lipinski definition) is 1. The van der Waals surface area contributed by atoms with Gasteiger partial charge in [-0.25, -0.2) is 0 Å². The molecule has 0 amide bonds. The smallest absolute Gasteiger partial charge is 0.269 e. The van der Waals surface area contributed by atoms with Crippen LogP contribution in [0.3, 0.4) is 0 Å². The van der Waals surface area contributed by atoms with Crippen molar-refractivity contribution in [2.45, 2.75) is 6.61 Å². The molecule has 8 nitrogen and oxygen atoms in total. The van der Waals surface area contributed by atoms with E-state index in [1.165, 1.54) is 24.3 Å². The van der Waals surface area contributed by atoms with E-state index in [9.17, 15) is 10.1 Å². The minimum atomic E-state index is -0.469. The Morgan fingerprint density at radius 2 is 2.12 bits per heavy atom. The first-order valence-electron chi connectivity index (χ1n) is 4.35. The number of aromatic amines is 1. The Bertz CT molecular complexity index is 467. The van der Waals surface area contributed by atoms with Crippen LogP contribution >= 0.6 is 0 Å². The second-order valence-electron chi connectivity index (χ2n) is 2.87. The molecular formula is C8H7N5O3. The van der Waals surface area contributed by atoms with Crippen molar-refractivity contribution in [3.05, 3.63) is 40.2 Å². The van der Waals surface area contributed by atoms with Crippen LogP contribution in [0.1, 0.15) is 5.82 Å². The second kappa shape index (κ2) is 4.34. The van der Waals surface area contributed by atoms with Crippen LogP contribution < -0.4 is 4.74 Å². The summed E-state index contributed by atoms with van der Waals surface area (Å²) in [7, 11) is 0. The molecule has 1 heterocycles. The summed E-state index contributed by atoms with van der Waals surface area (Å²) in [6.07, 6.45) is 0. The zero-order valence-electron chi connectivity index (χ0n) is 8.03. The molecule has 0 saturated heterocycles. The third-order valence-electron chi connectivity index (χ3n) is 1.80. The molecule has 0 unspecified atom stereocenters. The van der Waals surface area contributed by atoms with E-state index in [2.05, 4.69) is 20.6 Å². The monoisotopic (exact) mass is 221 g/mol. The standard InChI is InChI=1S/C8H7N5O3/c14-13(15)6-1-3-7(4-2-6)16-5-8-9-11-12-10-8/h1-4H,5H2,(H,9,10,11,12). The average molecular weight is 221 g/mol. The number of nitro groups is 1. The van der Waals surface area contributed by atoms with Crippen LogP contribution in [0, 0.1) is 10.1 Å². The van der Waals surface area contributed by atoms with E-state index >= 15 is 0 Å². The number of rotatable bonds is 4. The summed E-state index contributed by atoms with van der Waals surface area (Å²) in [5.74, 6) is 0.925. The molecule has 0 spiro atoms. The van der Waals surface area contributed by atoms with Gasteiger partial charge in [0.2, 0.25) is 5.82 Å². The van der Waals surface area contributed by atoms with Gasteiger partial charge < -0.3 is 4.74 Å². The predicted molar refractivity (Wildman–Crippen MR) is 51.6 cm³/mol. The summed E-state index contributed by atoms with van der Waals surface area (Å²) in [6.45, 7) is 0.161. The molecule has 0 aliphatic carbocycles. The lowest BCUT2D eigenvalue weighted by atomic mass is 10.3. The van der Waals surface area contributed by atoms with Crippen molar-refractivity contribution in [3.8, 4) is 5.75 Å². The first-order valence-corrected chi connectivity index (χ1v) is 4.35. The third kappa shape index (κ3) is 2.29. The van der Waals surface area contributed by atoms with Crippen LogP contribution in [0.5, 0.6) is 5.75 Å². The summed E-state index contributed by atoms with van der Waals surface area (Å²) >= 11 is 0. The second-order valence-corrected chi connectivity index (χ2v) is 2.87. The van der Waals surface area contributed by atoms with Gasteiger partial charge in [0, 0.05) is 12.1 Å². The van der Waals surface area contributed by atoms with Crippen molar-refractivity contribution in [1.29, 1.82) is 0 Å². The number of aromatic nitrogens is 4. The number of non-ortho nitro benzene ring substituents is 1. The lowest BCUT2D eigenvalue weighted by Crippen LogP contribution is -1.97.